The van der Waals surface area contributed by atoms with E-state index in [-0.39, 0.29) is 22.5 Å². The van der Waals surface area contributed by atoms with Crippen LogP contribution in [0.4, 0.5) is 25.0 Å². The van der Waals surface area contributed by atoms with E-state index < -0.39 is 18.5 Å². The number of aryl methyl sites for hydroxylation is 2. The average Bonchev–Trinajstić information content (AvgIpc) is 3.04. The number of hydrogen-bond donors (Lipinski definition) is 2. The van der Waals surface area contributed by atoms with Crippen molar-refractivity contribution in [2.75, 3.05) is 17.7 Å². The lowest BCUT2D eigenvalue weighted by atomic mass is 10.1. The molecule has 2 amide bonds. The molecule has 2 N–H and O–H groups in total. The SMILES string of the molecule is COC(C)c1c(NC(=O)Nc2cc(Cl)c(OC(F)F)nc2C)cnn2cc(C)nc12. The molecule has 160 valence electrons. The molecule has 0 aliphatic rings. The maximum absolute atomic E-state index is 12.6. The zero-order valence-electron chi connectivity index (χ0n) is 16.5. The summed E-state index contributed by atoms with van der Waals surface area (Å²) in [6.07, 6.45) is 2.86. The van der Waals surface area contributed by atoms with Crippen LogP contribution in [0.3, 0.4) is 0 Å². The summed E-state index contributed by atoms with van der Waals surface area (Å²) in [6, 6.07) is 0.664. The van der Waals surface area contributed by atoms with E-state index in [1.165, 1.54) is 19.2 Å². The van der Waals surface area contributed by atoms with Gasteiger partial charge in [-0.25, -0.2) is 19.3 Å². The van der Waals surface area contributed by atoms with Crippen LogP contribution in [0.5, 0.6) is 5.88 Å². The summed E-state index contributed by atoms with van der Waals surface area (Å²) in [5.74, 6) is -0.421. The third-order valence-corrected chi connectivity index (χ3v) is 4.51. The van der Waals surface area contributed by atoms with Gasteiger partial charge in [-0.3, -0.25) is 0 Å². The van der Waals surface area contributed by atoms with Crippen molar-refractivity contribution < 1.29 is 23.0 Å². The molecule has 0 fully saturated rings. The Bertz CT molecular complexity index is 1090. The number of fused-ring (bicyclic) bond motifs is 1. The van der Waals surface area contributed by atoms with Crippen LogP contribution in [0.2, 0.25) is 5.02 Å². The Morgan fingerprint density at radius 2 is 1.93 bits per heavy atom. The predicted molar refractivity (Wildman–Crippen MR) is 106 cm³/mol. The van der Waals surface area contributed by atoms with Gasteiger partial charge in [-0.2, -0.15) is 13.9 Å². The highest BCUT2D eigenvalue weighted by Gasteiger charge is 2.20. The minimum atomic E-state index is -3.06. The molecule has 30 heavy (non-hydrogen) atoms. The van der Waals surface area contributed by atoms with Gasteiger partial charge in [-0.05, 0) is 26.8 Å². The van der Waals surface area contributed by atoms with Crippen LogP contribution in [0.15, 0.2) is 18.5 Å². The van der Waals surface area contributed by atoms with E-state index in [1.54, 1.807) is 17.8 Å². The fraction of sp³-hybridized carbons (Fsp3) is 0.333. The Morgan fingerprint density at radius 1 is 1.23 bits per heavy atom. The molecule has 12 heteroatoms. The van der Waals surface area contributed by atoms with Gasteiger partial charge in [0.1, 0.15) is 5.02 Å². The summed E-state index contributed by atoms with van der Waals surface area (Å²) < 4.78 is 36.1. The highest BCUT2D eigenvalue weighted by Crippen LogP contribution is 2.30. The van der Waals surface area contributed by atoms with Crippen LogP contribution in [-0.4, -0.2) is 39.3 Å². The minimum Gasteiger partial charge on any atom is -0.415 e. The molecule has 3 heterocycles. The molecule has 1 unspecified atom stereocenters. The molecule has 1 atom stereocenters. The molecule has 9 nitrogen and oxygen atoms in total. The summed E-state index contributed by atoms with van der Waals surface area (Å²) in [5, 5.41) is 9.36. The summed E-state index contributed by atoms with van der Waals surface area (Å²) in [7, 11) is 1.54. The molecule has 0 saturated carbocycles. The third kappa shape index (κ3) is 4.57. The Morgan fingerprint density at radius 3 is 2.60 bits per heavy atom. The molecule has 0 aliphatic carbocycles. The number of nitrogens with zero attached hydrogens (tertiary/aromatic N) is 4. The number of hydrogen-bond acceptors (Lipinski definition) is 6. The first-order valence-electron chi connectivity index (χ1n) is 8.77. The van der Waals surface area contributed by atoms with E-state index in [1.807, 2.05) is 13.8 Å². The molecule has 0 radical (unpaired) electrons. The van der Waals surface area contributed by atoms with Crippen LogP contribution in [0.1, 0.15) is 30.0 Å². The lowest BCUT2D eigenvalue weighted by molar-refractivity contribution is -0.0528. The number of ether oxygens (including phenoxy) is 2. The lowest BCUT2D eigenvalue weighted by Crippen LogP contribution is -2.22. The maximum Gasteiger partial charge on any atom is 0.388 e. The number of aromatic nitrogens is 4. The van der Waals surface area contributed by atoms with Gasteiger partial charge in [-0.1, -0.05) is 11.6 Å². The van der Waals surface area contributed by atoms with Crippen molar-refractivity contribution in [1.29, 1.82) is 0 Å². The van der Waals surface area contributed by atoms with Gasteiger partial charge in [0.25, 0.3) is 0 Å². The number of nitrogens with one attached hydrogen (secondary N) is 2. The fourth-order valence-electron chi connectivity index (χ4n) is 2.81. The van der Waals surface area contributed by atoms with E-state index in [0.717, 1.165) is 5.69 Å². The first kappa shape index (κ1) is 21.7. The summed E-state index contributed by atoms with van der Waals surface area (Å²) in [5.41, 5.74) is 2.82. The van der Waals surface area contributed by atoms with Crippen LogP contribution < -0.4 is 15.4 Å². The van der Waals surface area contributed by atoms with Crippen molar-refractivity contribution >= 4 is 34.7 Å². The predicted octanol–water partition coefficient (Wildman–Crippen LogP) is 4.35. The number of carbonyl (C=O) groups is 1. The van der Waals surface area contributed by atoms with Crippen molar-refractivity contribution in [2.24, 2.45) is 0 Å². The number of pyridine rings is 1. The molecular weight excluding hydrogens is 422 g/mol. The van der Waals surface area contributed by atoms with E-state index in [2.05, 4.69) is 30.4 Å². The molecule has 0 aliphatic heterocycles. The van der Waals surface area contributed by atoms with Crippen LogP contribution in [0, 0.1) is 13.8 Å². The number of urea groups is 1. The molecule has 3 rings (SSSR count). The van der Waals surface area contributed by atoms with Gasteiger partial charge in [0.05, 0.1) is 46.8 Å². The number of imidazole rings is 1. The first-order valence-corrected chi connectivity index (χ1v) is 9.15. The number of rotatable bonds is 6. The monoisotopic (exact) mass is 440 g/mol. The number of carbonyl (C=O) groups excluding carboxylic acids is 1. The van der Waals surface area contributed by atoms with Crippen molar-refractivity contribution in [3.63, 3.8) is 0 Å². The van der Waals surface area contributed by atoms with Gasteiger partial charge in [0.15, 0.2) is 5.65 Å². The highest BCUT2D eigenvalue weighted by molar-refractivity contribution is 6.32. The third-order valence-electron chi connectivity index (χ3n) is 4.24. The Hall–Kier alpha value is -3.05. The molecule has 3 aromatic heterocycles. The molecule has 0 bridgehead atoms. The van der Waals surface area contributed by atoms with E-state index >= 15 is 0 Å². The second-order valence-corrected chi connectivity index (χ2v) is 6.77. The number of alkyl halides is 2. The second kappa shape index (κ2) is 8.76. The standard InChI is InChI=1S/C18H19ClF2N6O3/c1-8-7-27-15(23-8)14(10(3)29-4)13(6-22-27)26-18(28)25-12-5-11(19)16(24-9(12)2)30-17(20)21/h5-7,10,17H,1-4H3,(H2,25,26,28). The van der Waals surface area contributed by atoms with Crippen molar-refractivity contribution in [3.05, 3.63) is 40.4 Å². The van der Waals surface area contributed by atoms with Crippen LogP contribution in [0.25, 0.3) is 5.65 Å². The molecule has 3 aromatic rings. The largest absolute Gasteiger partial charge is 0.415 e. The van der Waals surface area contributed by atoms with E-state index in [9.17, 15) is 13.6 Å². The molecule has 0 aromatic carbocycles. The maximum atomic E-state index is 12.6. The number of methoxy groups -OCH3 is 1. The molecular formula is C18H19ClF2N6O3. The Balaban J connectivity index is 1.86. The summed E-state index contributed by atoms with van der Waals surface area (Å²) in [6.45, 7) is 2.10. The fourth-order valence-corrected chi connectivity index (χ4v) is 3.01. The number of halogens is 3. The lowest BCUT2D eigenvalue weighted by Gasteiger charge is -2.17. The second-order valence-electron chi connectivity index (χ2n) is 6.37. The summed E-state index contributed by atoms with van der Waals surface area (Å²) >= 11 is 5.91. The Labute approximate surface area is 175 Å². The smallest absolute Gasteiger partial charge is 0.388 e. The van der Waals surface area contributed by atoms with Gasteiger partial charge in [-0.15, -0.1) is 0 Å². The molecule has 0 spiro atoms. The number of amides is 2. The van der Waals surface area contributed by atoms with Gasteiger partial charge in [0.2, 0.25) is 5.88 Å². The van der Waals surface area contributed by atoms with Crippen LogP contribution >= 0.6 is 11.6 Å². The van der Waals surface area contributed by atoms with E-state index in [0.29, 0.717) is 16.9 Å². The first-order chi connectivity index (χ1) is 14.2. The van der Waals surface area contributed by atoms with E-state index in [4.69, 9.17) is 16.3 Å². The zero-order valence-corrected chi connectivity index (χ0v) is 17.3. The van der Waals surface area contributed by atoms with Gasteiger partial charge >= 0.3 is 12.6 Å². The highest BCUT2D eigenvalue weighted by atomic mass is 35.5. The quantitative estimate of drug-likeness (QED) is 0.590. The normalized spacial score (nSPS) is 12.3. The van der Waals surface area contributed by atoms with Crippen molar-refractivity contribution in [3.8, 4) is 5.88 Å². The van der Waals surface area contributed by atoms with Gasteiger partial charge in [0, 0.05) is 7.11 Å². The van der Waals surface area contributed by atoms with Crippen molar-refractivity contribution in [1.82, 2.24) is 19.6 Å². The Kier molecular flexibility index (Phi) is 6.32. The molecule has 0 saturated heterocycles. The average molecular weight is 441 g/mol. The zero-order chi connectivity index (χ0) is 22.0. The minimum absolute atomic E-state index is 0.166. The van der Waals surface area contributed by atoms with Crippen LogP contribution in [-0.2, 0) is 4.74 Å². The number of anilines is 2. The van der Waals surface area contributed by atoms with Gasteiger partial charge < -0.3 is 20.1 Å². The van der Waals surface area contributed by atoms with Crippen molar-refractivity contribution in [2.45, 2.75) is 33.5 Å². The topological polar surface area (TPSA) is 103 Å². The summed E-state index contributed by atoms with van der Waals surface area (Å²) in [4.78, 5) is 20.9.